The Balaban J connectivity index is 1.23. The summed E-state index contributed by atoms with van der Waals surface area (Å²) in [5.41, 5.74) is 2.09. The summed E-state index contributed by atoms with van der Waals surface area (Å²) < 4.78 is 21.0. The number of pyridine rings is 1. The smallest absolute Gasteiger partial charge is 0.269 e. The lowest BCUT2D eigenvalue weighted by Crippen LogP contribution is -2.66. The zero-order valence-corrected chi connectivity index (χ0v) is 31.2. The van der Waals surface area contributed by atoms with Crippen LogP contribution >= 0.6 is 23.2 Å². The number of hydrogen-bond donors (Lipinski definition) is 1. The van der Waals surface area contributed by atoms with Crippen molar-refractivity contribution in [3.63, 3.8) is 0 Å². The van der Waals surface area contributed by atoms with Gasteiger partial charge in [0.15, 0.2) is 5.65 Å². The van der Waals surface area contributed by atoms with Crippen LogP contribution in [0.25, 0.3) is 16.7 Å². The van der Waals surface area contributed by atoms with Gasteiger partial charge in [-0.3, -0.25) is 4.79 Å². The summed E-state index contributed by atoms with van der Waals surface area (Å²) >= 11 is 12.4. The fourth-order valence-electron chi connectivity index (χ4n) is 6.08. The molecule has 0 fully saturated rings. The summed E-state index contributed by atoms with van der Waals surface area (Å²) in [6.07, 6.45) is 3.29. The Bertz CT molecular complexity index is 2050. The molecule has 0 aliphatic heterocycles. The largest absolute Gasteiger partial charge is 0.461 e. The van der Waals surface area contributed by atoms with E-state index >= 15 is 0 Å². The molecule has 262 valence electrons. The lowest BCUT2D eigenvalue weighted by molar-refractivity contribution is -0.125. The molecule has 51 heavy (non-hydrogen) atoms. The highest BCUT2D eigenvalue weighted by Crippen LogP contribution is 2.36. The Hall–Kier alpha value is -4.65. The Labute approximate surface area is 307 Å². The van der Waals surface area contributed by atoms with Crippen molar-refractivity contribution in [3.8, 4) is 11.6 Å². The van der Waals surface area contributed by atoms with Crippen LogP contribution in [-0.4, -0.2) is 64.9 Å². The molecule has 1 N–H and O–H groups in total. The molecule has 0 bridgehead atoms. The Morgan fingerprint density at radius 1 is 0.863 bits per heavy atom. The first kappa shape index (κ1) is 36.1. The third-order valence-electron chi connectivity index (χ3n) is 8.55. The molecule has 0 spiro atoms. The fraction of sp³-hybridized carbons (Fsp3) is 0.237. The summed E-state index contributed by atoms with van der Waals surface area (Å²) in [7, 11) is -2.77. The summed E-state index contributed by atoms with van der Waals surface area (Å²) in [5.74, 6) is -0.00465. The number of hydrogen-bond acceptors (Lipinski definition) is 8. The molecule has 0 aliphatic rings. The molecule has 6 aromatic rings. The lowest BCUT2D eigenvalue weighted by atomic mass is 10.2. The van der Waals surface area contributed by atoms with Gasteiger partial charge >= 0.3 is 0 Å². The van der Waals surface area contributed by atoms with Crippen LogP contribution in [-0.2, 0) is 14.0 Å². The van der Waals surface area contributed by atoms with Crippen molar-refractivity contribution >= 4 is 64.7 Å². The van der Waals surface area contributed by atoms with Crippen LogP contribution in [0.1, 0.15) is 26.3 Å². The number of amides is 1. The number of anilines is 1. The van der Waals surface area contributed by atoms with Gasteiger partial charge in [0, 0.05) is 11.2 Å². The number of benzene rings is 3. The van der Waals surface area contributed by atoms with Crippen molar-refractivity contribution in [1.29, 1.82) is 0 Å². The van der Waals surface area contributed by atoms with Crippen LogP contribution in [0.2, 0.25) is 15.1 Å². The molecule has 1 amide bonds. The molecule has 10 nitrogen and oxygen atoms in total. The molecule has 0 saturated carbocycles. The van der Waals surface area contributed by atoms with Crippen molar-refractivity contribution in [2.45, 2.75) is 38.8 Å². The average Bonchev–Trinajstić information content (AvgIpc) is 3.56. The minimum Gasteiger partial charge on any atom is -0.461 e. The van der Waals surface area contributed by atoms with Gasteiger partial charge in [-0.05, 0) is 52.2 Å². The van der Waals surface area contributed by atoms with E-state index in [2.05, 4.69) is 70.4 Å². The monoisotopic (exact) mass is 740 g/mol. The number of carbonyl (C=O) groups is 1. The molecule has 3 heterocycles. The van der Waals surface area contributed by atoms with E-state index in [4.69, 9.17) is 37.1 Å². The number of aromatic nitrogens is 5. The third-order valence-corrected chi connectivity index (χ3v) is 14.2. The third kappa shape index (κ3) is 7.83. The summed E-state index contributed by atoms with van der Waals surface area (Å²) in [6, 6.07) is 29.6. The molecular formula is C38H38Cl2N6O4Si. The highest BCUT2D eigenvalue weighted by Gasteiger charge is 2.50. The van der Waals surface area contributed by atoms with Gasteiger partial charge in [0.25, 0.3) is 14.2 Å². The number of ether oxygens (including phenoxy) is 2. The molecule has 0 saturated heterocycles. The van der Waals surface area contributed by atoms with Crippen molar-refractivity contribution < 1.29 is 18.7 Å². The van der Waals surface area contributed by atoms with Gasteiger partial charge in [-0.25, -0.2) is 19.6 Å². The van der Waals surface area contributed by atoms with Crippen LogP contribution in [0.3, 0.4) is 0 Å². The maximum Gasteiger partial charge on any atom is 0.269 e. The zero-order chi connectivity index (χ0) is 36.0. The van der Waals surface area contributed by atoms with Gasteiger partial charge in [0.05, 0.1) is 36.7 Å². The molecule has 3 aromatic carbocycles. The summed E-state index contributed by atoms with van der Waals surface area (Å²) in [5, 5.41) is 11.0. The van der Waals surface area contributed by atoms with Gasteiger partial charge in [-0.15, -0.1) is 0 Å². The number of halogens is 2. The predicted molar refractivity (Wildman–Crippen MR) is 203 cm³/mol. The molecule has 6 rings (SSSR count). The quantitative estimate of drug-likeness (QED) is 0.102. The standard InChI is InChI=1S/C38H38Cl2N6O4Si/c1-26-31(40)16-11-17-32(26)46-35-30(23-44-46)37(43-25-42-35)50-33(36(47)45-34-19-18-27(39)22-41-34)24-48-20-21-49-51(38(2,3)4,28-12-7-5-8-13-28)29-14-9-6-10-15-29/h5-19,22-23,25,33H,20-21,24H2,1-4H3,(H,41,45,47)/t33-/m0/s1. The minimum absolute atomic E-state index is 0.101. The number of nitrogens with zero attached hydrogens (tertiary/aromatic N) is 5. The van der Waals surface area contributed by atoms with Gasteiger partial charge in [-0.1, -0.05) is 111 Å². The predicted octanol–water partition coefficient (Wildman–Crippen LogP) is 6.81. The number of carbonyl (C=O) groups excluding carboxylic acids is 1. The Kier molecular flexibility index (Phi) is 11.1. The van der Waals surface area contributed by atoms with E-state index in [1.807, 2.05) is 61.5 Å². The van der Waals surface area contributed by atoms with Crippen LogP contribution in [0.15, 0.2) is 110 Å². The second kappa shape index (κ2) is 15.7. The Morgan fingerprint density at radius 3 is 2.22 bits per heavy atom. The maximum atomic E-state index is 13.7. The van der Waals surface area contributed by atoms with E-state index in [9.17, 15) is 4.79 Å². The molecule has 13 heteroatoms. The highest BCUT2D eigenvalue weighted by molar-refractivity contribution is 6.99. The van der Waals surface area contributed by atoms with E-state index in [1.54, 1.807) is 23.0 Å². The highest BCUT2D eigenvalue weighted by atomic mass is 35.5. The van der Waals surface area contributed by atoms with Crippen LogP contribution in [0.5, 0.6) is 5.88 Å². The second-order valence-electron chi connectivity index (χ2n) is 12.9. The van der Waals surface area contributed by atoms with Crippen molar-refractivity contribution in [2.24, 2.45) is 0 Å². The van der Waals surface area contributed by atoms with Gasteiger partial charge in [0.1, 0.15) is 17.5 Å². The first-order chi connectivity index (χ1) is 24.6. The van der Waals surface area contributed by atoms with Crippen molar-refractivity contribution in [2.75, 3.05) is 25.1 Å². The van der Waals surface area contributed by atoms with E-state index in [0.717, 1.165) is 11.3 Å². The number of nitrogens with one attached hydrogen (secondary N) is 1. The SMILES string of the molecule is Cc1c(Cl)cccc1-n1ncc2c(O[C@@H](COCCO[Si](c3ccccc3)(c3ccccc3)C(C)(C)C)C(=O)Nc3ccc(Cl)cn3)ncnc21. The van der Waals surface area contributed by atoms with Crippen molar-refractivity contribution in [1.82, 2.24) is 24.7 Å². The Morgan fingerprint density at radius 2 is 1.57 bits per heavy atom. The van der Waals surface area contributed by atoms with Gasteiger partial charge in [0.2, 0.25) is 12.0 Å². The number of rotatable bonds is 13. The van der Waals surface area contributed by atoms with Crippen LogP contribution < -0.4 is 20.4 Å². The zero-order valence-electron chi connectivity index (χ0n) is 28.7. The van der Waals surface area contributed by atoms with Crippen molar-refractivity contribution in [3.05, 3.63) is 125 Å². The molecule has 0 unspecified atom stereocenters. The van der Waals surface area contributed by atoms with Gasteiger partial charge < -0.3 is 19.2 Å². The normalized spacial score (nSPS) is 12.5. The van der Waals surface area contributed by atoms with Gasteiger partial charge in [-0.2, -0.15) is 5.10 Å². The fourth-order valence-corrected chi connectivity index (χ4v) is 10.9. The van der Waals surface area contributed by atoms with E-state index in [1.165, 1.54) is 22.9 Å². The van der Waals surface area contributed by atoms with E-state index in [0.29, 0.717) is 33.5 Å². The summed E-state index contributed by atoms with van der Waals surface area (Å²) in [4.78, 5) is 26.7. The van der Waals surface area contributed by atoms with E-state index in [-0.39, 0.29) is 24.1 Å². The molecule has 3 aromatic heterocycles. The van der Waals surface area contributed by atoms with Crippen LogP contribution in [0, 0.1) is 6.92 Å². The molecule has 0 radical (unpaired) electrons. The second-order valence-corrected chi connectivity index (χ2v) is 18.0. The topological polar surface area (TPSA) is 113 Å². The first-order valence-corrected chi connectivity index (χ1v) is 19.1. The average molecular weight is 742 g/mol. The first-order valence-electron chi connectivity index (χ1n) is 16.4. The lowest BCUT2D eigenvalue weighted by Gasteiger charge is -2.43. The molecular weight excluding hydrogens is 703 g/mol. The van der Waals surface area contributed by atoms with Crippen LogP contribution in [0.4, 0.5) is 5.82 Å². The summed E-state index contributed by atoms with van der Waals surface area (Å²) in [6.45, 7) is 8.97. The minimum atomic E-state index is -2.77. The van der Waals surface area contributed by atoms with E-state index < -0.39 is 20.3 Å². The number of fused-ring (bicyclic) bond motifs is 1. The molecule has 1 atom stereocenters. The molecule has 0 aliphatic carbocycles. The maximum absolute atomic E-state index is 13.7.